The number of ether oxygens (including phenoxy) is 1. The van der Waals surface area contributed by atoms with Gasteiger partial charge in [0.1, 0.15) is 5.76 Å². The molecule has 0 aromatic carbocycles. The topological polar surface area (TPSA) is 26.3 Å². The van der Waals surface area contributed by atoms with Crippen LogP contribution in [0.3, 0.4) is 0 Å². The Kier molecular flexibility index (Phi) is 6.11. The normalized spacial score (nSPS) is 13.1. The number of hydrogen-bond acceptors (Lipinski definition) is 2. The van der Waals surface area contributed by atoms with Crippen molar-refractivity contribution in [3.8, 4) is 0 Å². The van der Waals surface area contributed by atoms with Crippen LogP contribution in [0.4, 0.5) is 0 Å². The molecule has 0 N–H and O–H groups in total. The van der Waals surface area contributed by atoms with Crippen LogP contribution in [0.5, 0.6) is 0 Å². The zero-order chi connectivity index (χ0) is 11.8. The van der Waals surface area contributed by atoms with Crippen molar-refractivity contribution >= 4 is 5.78 Å². The molecule has 0 aliphatic carbocycles. The van der Waals surface area contributed by atoms with E-state index in [1.165, 1.54) is 6.08 Å². The summed E-state index contributed by atoms with van der Waals surface area (Å²) in [6.07, 6.45) is 6.71. The van der Waals surface area contributed by atoms with Gasteiger partial charge in [-0.3, -0.25) is 4.79 Å². The second-order valence-electron chi connectivity index (χ2n) is 3.13. The Morgan fingerprint density at radius 1 is 1.33 bits per heavy atom. The SMILES string of the molecule is C=C(C)/C=C(/OC)C(=CC)C(=O)/C=C/C. The molecule has 0 aliphatic rings. The maximum Gasteiger partial charge on any atom is 0.188 e. The number of carbonyl (C=O) groups excluding carboxylic acids is 1. The fraction of sp³-hybridized carbons (Fsp3) is 0.308. The molecule has 0 atom stereocenters. The average molecular weight is 206 g/mol. The van der Waals surface area contributed by atoms with Gasteiger partial charge in [0.05, 0.1) is 12.7 Å². The zero-order valence-electron chi connectivity index (χ0n) is 9.83. The molecule has 0 radical (unpaired) electrons. The van der Waals surface area contributed by atoms with Gasteiger partial charge >= 0.3 is 0 Å². The third kappa shape index (κ3) is 4.45. The van der Waals surface area contributed by atoms with Gasteiger partial charge in [0, 0.05) is 0 Å². The number of rotatable bonds is 5. The molecule has 0 fully saturated rings. The lowest BCUT2D eigenvalue weighted by Gasteiger charge is -2.07. The van der Waals surface area contributed by atoms with E-state index in [0.717, 1.165) is 5.57 Å². The van der Waals surface area contributed by atoms with Crippen molar-refractivity contribution in [3.05, 3.63) is 47.8 Å². The van der Waals surface area contributed by atoms with Crippen LogP contribution in [-0.4, -0.2) is 12.9 Å². The first kappa shape index (κ1) is 13.4. The van der Waals surface area contributed by atoms with E-state index in [-0.39, 0.29) is 5.78 Å². The van der Waals surface area contributed by atoms with Gasteiger partial charge in [-0.25, -0.2) is 0 Å². The first-order chi connectivity index (χ1) is 7.06. The molecule has 0 saturated heterocycles. The monoisotopic (exact) mass is 206 g/mol. The summed E-state index contributed by atoms with van der Waals surface area (Å²) in [6.45, 7) is 9.22. The van der Waals surface area contributed by atoms with Crippen molar-refractivity contribution in [1.82, 2.24) is 0 Å². The molecular formula is C13H18O2. The van der Waals surface area contributed by atoms with E-state index >= 15 is 0 Å². The van der Waals surface area contributed by atoms with E-state index < -0.39 is 0 Å². The standard InChI is InChI=1S/C13H18O2/c1-6-8-12(14)11(7-2)13(15-5)9-10(3)4/h6-9H,3H2,1-2,4-5H3/b8-6+,11-7?,13-9+. The maximum absolute atomic E-state index is 11.7. The number of ketones is 1. The molecule has 0 rings (SSSR count). The molecule has 82 valence electrons. The zero-order valence-corrected chi connectivity index (χ0v) is 9.83. The van der Waals surface area contributed by atoms with Crippen LogP contribution in [0.15, 0.2) is 47.8 Å². The van der Waals surface area contributed by atoms with Gasteiger partial charge in [-0.15, -0.1) is 0 Å². The largest absolute Gasteiger partial charge is 0.496 e. The molecule has 0 aromatic heterocycles. The highest BCUT2D eigenvalue weighted by atomic mass is 16.5. The van der Waals surface area contributed by atoms with Crippen LogP contribution >= 0.6 is 0 Å². The van der Waals surface area contributed by atoms with Gasteiger partial charge < -0.3 is 4.74 Å². The lowest BCUT2D eigenvalue weighted by atomic mass is 10.1. The van der Waals surface area contributed by atoms with Crippen LogP contribution < -0.4 is 0 Å². The second kappa shape index (κ2) is 6.82. The number of allylic oxidation sites excluding steroid dienone is 6. The Hall–Kier alpha value is -1.57. The van der Waals surface area contributed by atoms with Gasteiger partial charge in [-0.2, -0.15) is 0 Å². The van der Waals surface area contributed by atoms with Crippen molar-refractivity contribution in [1.29, 1.82) is 0 Å². The maximum atomic E-state index is 11.7. The summed E-state index contributed by atoms with van der Waals surface area (Å²) in [4.78, 5) is 11.7. The van der Waals surface area contributed by atoms with Crippen LogP contribution in [0.1, 0.15) is 20.8 Å². The van der Waals surface area contributed by atoms with E-state index in [4.69, 9.17) is 4.74 Å². The van der Waals surface area contributed by atoms with Crippen LogP contribution in [0, 0.1) is 0 Å². The van der Waals surface area contributed by atoms with E-state index in [9.17, 15) is 4.79 Å². The predicted molar refractivity (Wildman–Crippen MR) is 63.5 cm³/mol. The minimum atomic E-state index is -0.0608. The lowest BCUT2D eigenvalue weighted by molar-refractivity contribution is -0.111. The molecule has 0 heterocycles. The molecular weight excluding hydrogens is 188 g/mol. The molecule has 0 amide bonds. The number of methoxy groups -OCH3 is 1. The Balaban J connectivity index is 5.12. The molecule has 2 heteroatoms. The smallest absolute Gasteiger partial charge is 0.188 e. The van der Waals surface area contributed by atoms with Crippen molar-refractivity contribution < 1.29 is 9.53 Å². The predicted octanol–water partition coefficient (Wildman–Crippen LogP) is 3.18. The summed E-state index contributed by atoms with van der Waals surface area (Å²) in [5.74, 6) is 0.488. The summed E-state index contributed by atoms with van der Waals surface area (Å²) in [7, 11) is 1.54. The first-order valence-corrected chi connectivity index (χ1v) is 4.81. The highest BCUT2D eigenvalue weighted by Crippen LogP contribution is 2.14. The van der Waals surface area contributed by atoms with E-state index in [0.29, 0.717) is 11.3 Å². The first-order valence-electron chi connectivity index (χ1n) is 4.81. The molecule has 0 bridgehead atoms. The fourth-order valence-electron chi connectivity index (χ4n) is 1.12. The van der Waals surface area contributed by atoms with Crippen LogP contribution in [0.25, 0.3) is 0 Å². The summed E-state index contributed by atoms with van der Waals surface area (Å²) in [5.41, 5.74) is 1.40. The lowest BCUT2D eigenvalue weighted by Crippen LogP contribution is -2.03. The summed E-state index contributed by atoms with van der Waals surface area (Å²) < 4.78 is 5.16. The third-order valence-electron chi connectivity index (χ3n) is 1.74. The molecule has 2 nitrogen and oxygen atoms in total. The molecule has 0 spiro atoms. The Morgan fingerprint density at radius 3 is 2.27 bits per heavy atom. The Labute approximate surface area is 91.6 Å². The van der Waals surface area contributed by atoms with Gasteiger partial charge in [-0.1, -0.05) is 24.3 Å². The molecule has 15 heavy (non-hydrogen) atoms. The Morgan fingerprint density at radius 2 is 1.93 bits per heavy atom. The van der Waals surface area contributed by atoms with Crippen molar-refractivity contribution in [2.75, 3.05) is 7.11 Å². The van der Waals surface area contributed by atoms with Gasteiger partial charge in [-0.05, 0) is 32.9 Å². The van der Waals surface area contributed by atoms with Gasteiger partial charge in [0.25, 0.3) is 0 Å². The van der Waals surface area contributed by atoms with Crippen molar-refractivity contribution in [2.45, 2.75) is 20.8 Å². The second-order valence-corrected chi connectivity index (χ2v) is 3.13. The number of carbonyl (C=O) groups is 1. The van der Waals surface area contributed by atoms with Gasteiger partial charge in [0.2, 0.25) is 0 Å². The highest BCUT2D eigenvalue weighted by Gasteiger charge is 2.10. The summed E-state index contributed by atoms with van der Waals surface area (Å²) in [5, 5.41) is 0. The minimum absolute atomic E-state index is 0.0608. The summed E-state index contributed by atoms with van der Waals surface area (Å²) >= 11 is 0. The fourth-order valence-corrected chi connectivity index (χ4v) is 1.12. The van der Waals surface area contributed by atoms with Crippen molar-refractivity contribution in [2.24, 2.45) is 0 Å². The van der Waals surface area contributed by atoms with E-state index in [1.54, 1.807) is 32.3 Å². The Bertz CT molecular complexity index is 330. The minimum Gasteiger partial charge on any atom is -0.496 e. The molecule has 0 unspecified atom stereocenters. The van der Waals surface area contributed by atoms with E-state index in [2.05, 4.69) is 6.58 Å². The summed E-state index contributed by atoms with van der Waals surface area (Å²) in [6, 6.07) is 0. The third-order valence-corrected chi connectivity index (χ3v) is 1.74. The van der Waals surface area contributed by atoms with Crippen molar-refractivity contribution in [3.63, 3.8) is 0 Å². The van der Waals surface area contributed by atoms with E-state index in [1.807, 2.05) is 13.8 Å². The van der Waals surface area contributed by atoms with Crippen LogP contribution in [0.2, 0.25) is 0 Å². The molecule has 0 aromatic rings. The highest BCUT2D eigenvalue weighted by molar-refractivity contribution is 6.06. The molecule has 0 aliphatic heterocycles. The molecule has 0 saturated carbocycles. The van der Waals surface area contributed by atoms with Crippen LogP contribution in [-0.2, 0) is 9.53 Å². The van der Waals surface area contributed by atoms with Gasteiger partial charge in [0.15, 0.2) is 5.78 Å². The quantitative estimate of drug-likeness (QED) is 0.392. The average Bonchev–Trinajstić information content (AvgIpc) is 2.17. The number of hydrogen-bond donors (Lipinski definition) is 0.